The molecule has 1 rings (SSSR count). The van der Waals surface area contributed by atoms with Gasteiger partial charge in [-0.1, -0.05) is 11.6 Å². The monoisotopic (exact) mass is 230 g/mol. The van der Waals surface area contributed by atoms with Crippen LogP contribution in [0.1, 0.15) is 17.3 Å². The van der Waals surface area contributed by atoms with Crippen molar-refractivity contribution in [3.05, 3.63) is 34.6 Å². The van der Waals surface area contributed by atoms with Gasteiger partial charge in [0.15, 0.2) is 0 Å². The maximum Gasteiger partial charge on any atom is 0.254 e. The zero-order chi connectivity index (χ0) is 11.4. The number of rotatable bonds is 3. The third-order valence-corrected chi connectivity index (χ3v) is 2.14. The topological polar surface area (TPSA) is 55.1 Å². The van der Waals surface area contributed by atoms with Gasteiger partial charge in [-0.25, -0.2) is 4.39 Å². The number of halogens is 2. The van der Waals surface area contributed by atoms with Crippen LogP contribution in [-0.2, 0) is 0 Å². The first-order chi connectivity index (χ1) is 7.04. The van der Waals surface area contributed by atoms with Crippen LogP contribution in [0.25, 0.3) is 0 Å². The van der Waals surface area contributed by atoms with Crippen LogP contribution in [-0.4, -0.2) is 18.5 Å². The molecule has 0 saturated heterocycles. The quantitative estimate of drug-likeness (QED) is 0.828. The van der Waals surface area contributed by atoms with Crippen molar-refractivity contribution < 1.29 is 9.18 Å². The molecule has 0 heterocycles. The van der Waals surface area contributed by atoms with Crippen LogP contribution < -0.4 is 11.1 Å². The summed E-state index contributed by atoms with van der Waals surface area (Å²) >= 11 is 5.56. The summed E-state index contributed by atoms with van der Waals surface area (Å²) in [6.07, 6.45) is 0. The highest BCUT2D eigenvalue weighted by Gasteiger charge is 2.13. The molecular weight excluding hydrogens is 219 g/mol. The van der Waals surface area contributed by atoms with E-state index in [1.54, 1.807) is 6.92 Å². The number of nitrogens with two attached hydrogens (primary N) is 1. The summed E-state index contributed by atoms with van der Waals surface area (Å²) in [5.41, 5.74) is 5.30. The number of hydrogen-bond donors (Lipinski definition) is 2. The van der Waals surface area contributed by atoms with Gasteiger partial charge in [0.05, 0.1) is 5.56 Å². The molecule has 1 atom stereocenters. The van der Waals surface area contributed by atoms with Gasteiger partial charge >= 0.3 is 0 Å². The number of carbonyl (C=O) groups is 1. The Balaban J connectivity index is 2.82. The van der Waals surface area contributed by atoms with Gasteiger partial charge in [-0.05, 0) is 25.1 Å². The Morgan fingerprint density at radius 2 is 2.33 bits per heavy atom. The maximum absolute atomic E-state index is 13.3. The number of hydrogen-bond acceptors (Lipinski definition) is 2. The fourth-order valence-corrected chi connectivity index (χ4v) is 1.19. The Bertz CT molecular complexity index is 370. The highest BCUT2D eigenvalue weighted by molar-refractivity contribution is 6.30. The van der Waals surface area contributed by atoms with Crippen LogP contribution >= 0.6 is 11.6 Å². The molecule has 0 bridgehead atoms. The Morgan fingerprint density at radius 3 is 2.87 bits per heavy atom. The van der Waals surface area contributed by atoms with E-state index in [4.69, 9.17) is 17.3 Å². The summed E-state index contributed by atoms with van der Waals surface area (Å²) in [7, 11) is 0. The lowest BCUT2D eigenvalue weighted by Gasteiger charge is -2.11. The highest BCUT2D eigenvalue weighted by atomic mass is 35.5. The predicted molar refractivity (Wildman–Crippen MR) is 57.4 cm³/mol. The Kier molecular flexibility index (Phi) is 4.05. The molecule has 0 aliphatic rings. The Hall–Kier alpha value is -1.13. The van der Waals surface area contributed by atoms with E-state index in [0.29, 0.717) is 6.54 Å². The number of amides is 1. The van der Waals surface area contributed by atoms with Crippen molar-refractivity contribution in [2.75, 3.05) is 6.54 Å². The molecule has 1 aromatic carbocycles. The SMILES string of the molecule is C[C@H](CN)NC(=O)c1ccc(Cl)cc1F. The summed E-state index contributed by atoms with van der Waals surface area (Å²) < 4.78 is 13.3. The molecule has 0 aliphatic heterocycles. The van der Waals surface area contributed by atoms with Crippen molar-refractivity contribution in [1.29, 1.82) is 0 Å². The van der Waals surface area contributed by atoms with E-state index in [1.807, 2.05) is 0 Å². The lowest BCUT2D eigenvalue weighted by atomic mass is 10.2. The molecule has 1 aromatic rings. The summed E-state index contributed by atoms with van der Waals surface area (Å²) in [4.78, 5) is 11.5. The second kappa shape index (κ2) is 5.09. The van der Waals surface area contributed by atoms with E-state index in [0.717, 1.165) is 6.07 Å². The second-order valence-electron chi connectivity index (χ2n) is 3.23. The Labute approximate surface area is 92.4 Å². The number of benzene rings is 1. The molecule has 3 nitrogen and oxygen atoms in total. The largest absolute Gasteiger partial charge is 0.348 e. The molecule has 0 radical (unpaired) electrons. The van der Waals surface area contributed by atoms with Crippen LogP contribution in [0, 0.1) is 5.82 Å². The fourth-order valence-electron chi connectivity index (χ4n) is 1.03. The minimum absolute atomic E-state index is 0.0281. The van der Waals surface area contributed by atoms with Crippen molar-refractivity contribution in [3.8, 4) is 0 Å². The van der Waals surface area contributed by atoms with E-state index in [9.17, 15) is 9.18 Å². The van der Waals surface area contributed by atoms with E-state index in [-0.39, 0.29) is 16.6 Å². The molecular formula is C10H12ClFN2O. The summed E-state index contributed by atoms with van der Waals surface area (Å²) in [5, 5.41) is 2.82. The standard InChI is InChI=1S/C10H12ClFN2O/c1-6(5-13)14-10(15)8-3-2-7(11)4-9(8)12/h2-4,6H,5,13H2,1H3,(H,14,15)/t6-/m1/s1. The van der Waals surface area contributed by atoms with E-state index in [1.165, 1.54) is 12.1 Å². The van der Waals surface area contributed by atoms with Gasteiger partial charge in [-0.2, -0.15) is 0 Å². The van der Waals surface area contributed by atoms with Gasteiger partial charge in [-0.3, -0.25) is 4.79 Å². The molecule has 0 unspecified atom stereocenters. The summed E-state index contributed by atoms with van der Waals surface area (Å²) in [5.74, 6) is -1.12. The van der Waals surface area contributed by atoms with E-state index >= 15 is 0 Å². The molecule has 1 amide bonds. The van der Waals surface area contributed by atoms with Crippen molar-refractivity contribution in [2.45, 2.75) is 13.0 Å². The molecule has 0 spiro atoms. The molecule has 15 heavy (non-hydrogen) atoms. The first-order valence-corrected chi connectivity index (χ1v) is 4.88. The van der Waals surface area contributed by atoms with Gasteiger partial charge < -0.3 is 11.1 Å². The second-order valence-corrected chi connectivity index (χ2v) is 3.67. The van der Waals surface area contributed by atoms with Gasteiger partial charge in [0.2, 0.25) is 0 Å². The van der Waals surface area contributed by atoms with Gasteiger partial charge in [0.25, 0.3) is 5.91 Å². The first kappa shape index (κ1) is 11.9. The first-order valence-electron chi connectivity index (χ1n) is 4.50. The molecule has 0 aliphatic carbocycles. The molecule has 0 saturated carbocycles. The molecule has 0 aromatic heterocycles. The van der Waals surface area contributed by atoms with Crippen LogP contribution in [0.5, 0.6) is 0 Å². The van der Waals surface area contributed by atoms with Gasteiger partial charge in [0, 0.05) is 17.6 Å². The van der Waals surface area contributed by atoms with Crippen molar-refractivity contribution in [2.24, 2.45) is 5.73 Å². The molecule has 82 valence electrons. The third-order valence-electron chi connectivity index (χ3n) is 1.91. The minimum Gasteiger partial charge on any atom is -0.348 e. The highest BCUT2D eigenvalue weighted by Crippen LogP contribution is 2.14. The van der Waals surface area contributed by atoms with Crippen LogP contribution in [0.15, 0.2) is 18.2 Å². The van der Waals surface area contributed by atoms with Crippen LogP contribution in [0.3, 0.4) is 0 Å². The average molecular weight is 231 g/mol. The normalized spacial score (nSPS) is 12.3. The van der Waals surface area contributed by atoms with Crippen LogP contribution in [0.2, 0.25) is 5.02 Å². The van der Waals surface area contributed by atoms with Crippen molar-refractivity contribution >= 4 is 17.5 Å². The summed E-state index contributed by atoms with van der Waals surface area (Å²) in [6, 6.07) is 3.72. The molecule has 5 heteroatoms. The van der Waals surface area contributed by atoms with Gasteiger partial charge in [0.1, 0.15) is 5.82 Å². The Morgan fingerprint density at radius 1 is 1.67 bits per heavy atom. The molecule has 0 fully saturated rings. The molecule has 3 N–H and O–H groups in total. The van der Waals surface area contributed by atoms with Crippen molar-refractivity contribution in [3.63, 3.8) is 0 Å². The average Bonchev–Trinajstić information content (AvgIpc) is 2.17. The zero-order valence-electron chi connectivity index (χ0n) is 8.26. The zero-order valence-corrected chi connectivity index (χ0v) is 9.01. The maximum atomic E-state index is 13.3. The predicted octanol–water partition coefficient (Wildman–Crippen LogP) is 1.56. The fraction of sp³-hybridized carbons (Fsp3) is 0.300. The van der Waals surface area contributed by atoms with Gasteiger partial charge in [-0.15, -0.1) is 0 Å². The van der Waals surface area contributed by atoms with E-state index < -0.39 is 11.7 Å². The van der Waals surface area contributed by atoms with Crippen molar-refractivity contribution in [1.82, 2.24) is 5.32 Å². The third kappa shape index (κ3) is 3.18. The minimum atomic E-state index is -0.635. The van der Waals surface area contributed by atoms with E-state index in [2.05, 4.69) is 5.32 Å². The van der Waals surface area contributed by atoms with Crippen LogP contribution in [0.4, 0.5) is 4.39 Å². The number of nitrogens with one attached hydrogen (secondary N) is 1. The number of carbonyl (C=O) groups excluding carboxylic acids is 1. The lowest BCUT2D eigenvalue weighted by molar-refractivity contribution is 0.0937. The lowest BCUT2D eigenvalue weighted by Crippen LogP contribution is -2.38. The summed E-state index contributed by atoms with van der Waals surface area (Å²) in [6.45, 7) is 2.05. The smallest absolute Gasteiger partial charge is 0.254 e.